The number of carbonyl (C=O) groups excluding carboxylic acids is 1. The Bertz CT molecular complexity index is 719. The van der Waals surface area contributed by atoms with Crippen molar-refractivity contribution in [3.05, 3.63) is 67.5 Å². The first kappa shape index (κ1) is 14.8. The summed E-state index contributed by atoms with van der Waals surface area (Å²) in [6.45, 7) is 0.842. The van der Waals surface area contributed by atoms with Crippen molar-refractivity contribution in [3.63, 3.8) is 0 Å². The van der Waals surface area contributed by atoms with E-state index in [-0.39, 0.29) is 18.3 Å². The number of nitrogens with zero attached hydrogens (tertiary/aromatic N) is 1. The van der Waals surface area contributed by atoms with E-state index in [1.807, 2.05) is 18.2 Å². The van der Waals surface area contributed by atoms with Crippen LogP contribution < -0.4 is 0 Å². The van der Waals surface area contributed by atoms with E-state index in [0.29, 0.717) is 17.1 Å². The number of hydrogen-bond donors (Lipinski definition) is 0. The molecule has 1 heterocycles. The summed E-state index contributed by atoms with van der Waals surface area (Å²) in [5.41, 5.74) is 2.23. The van der Waals surface area contributed by atoms with Gasteiger partial charge in [-0.3, -0.25) is 4.79 Å². The van der Waals surface area contributed by atoms with Gasteiger partial charge in [0.25, 0.3) is 5.91 Å². The van der Waals surface area contributed by atoms with Crippen molar-refractivity contribution in [3.8, 4) is 0 Å². The van der Waals surface area contributed by atoms with Crippen LogP contribution in [0.1, 0.15) is 21.5 Å². The van der Waals surface area contributed by atoms with E-state index in [1.165, 1.54) is 12.1 Å². The Morgan fingerprint density at radius 3 is 2.86 bits per heavy atom. The van der Waals surface area contributed by atoms with Gasteiger partial charge in [0.1, 0.15) is 5.82 Å². The van der Waals surface area contributed by atoms with Crippen molar-refractivity contribution in [2.24, 2.45) is 0 Å². The van der Waals surface area contributed by atoms with E-state index in [0.717, 1.165) is 21.1 Å². The van der Waals surface area contributed by atoms with Crippen LogP contribution in [-0.2, 0) is 13.0 Å². The molecule has 1 amide bonds. The highest BCUT2D eigenvalue weighted by molar-refractivity contribution is 14.1. The molecule has 0 saturated carbocycles. The summed E-state index contributed by atoms with van der Waals surface area (Å²) < 4.78 is 14.8. The number of halogens is 3. The Hall–Kier alpha value is -1.14. The fourth-order valence-corrected chi connectivity index (χ4v) is 3.20. The molecule has 0 saturated heterocycles. The third-order valence-corrected chi connectivity index (χ3v) is 4.52. The minimum absolute atomic E-state index is 0.0471. The average Bonchev–Trinajstić information content (AvgIpc) is 2.46. The molecule has 0 aromatic heterocycles. The van der Waals surface area contributed by atoms with Gasteiger partial charge in [-0.25, -0.2) is 4.39 Å². The minimum atomic E-state index is -0.333. The van der Waals surface area contributed by atoms with Gasteiger partial charge in [-0.15, -0.1) is 0 Å². The molecule has 0 fully saturated rings. The predicted octanol–water partition coefficient (Wildman–Crippen LogP) is 4.28. The zero-order valence-corrected chi connectivity index (χ0v) is 14.0. The lowest BCUT2D eigenvalue weighted by Crippen LogP contribution is -2.37. The van der Waals surface area contributed by atoms with Gasteiger partial charge in [-0.1, -0.05) is 17.7 Å². The molecule has 1 aliphatic rings. The monoisotopic (exact) mass is 415 g/mol. The zero-order valence-electron chi connectivity index (χ0n) is 11.1. The predicted molar refractivity (Wildman–Crippen MR) is 89.0 cm³/mol. The van der Waals surface area contributed by atoms with Gasteiger partial charge in [0.2, 0.25) is 0 Å². The average molecular weight is 416 g/mol. The standard InChI is InChI=1S/C16H12ClFINO/c17-12-2-4-15(18)11(7-12)9-20-6-5-10-1-3-13(19)8-14(10)16(20)21/h1-4,7-8H,5-6,9H2. The SMILES string of the molecule is O=C1c2cc(I)ccc2CCN1Cc1cc(Cl)ccc1F. The van der Waals surface area contributed by atoms with Gasteiger partial charge >= 0.3 is 0 Å². The van der Waals surface area contributed by atoms with Gasteiger partial charge in [0.05, 0.1) is 0 Å². The third-order valence-electron chi connectivity index (χ3n) is 3.61. The topological polar surface area (TPSA) is 20.3 Å². The molecule has 2 aromatic carbocycles. The van der Waals surface area contributed by atoms with Crippen molar-refractivity contribution in [1.82, 2.24) is 4.90 Å². The molecule has 5 heteroatoms. The molecule has 21 heavy (non-hydrogen) atoms. The lowest BCUT2D eigenvalue weighted by atomic mass is 9.98. The lowest BCUT2D eigenvalue weighted by Gasteiger charge is -2.29. The van der Waals surface area contributed by atoms with Crippen LogP contribution in [0.5, 0.6) is 0 Å². The van der Waals surface area contributed by atoms with Crippen LogP contribution in [0.2, 0.25) is 5.02 Å². The van der Waals surface area contributed by atoms with Gasteiger partial charge in [0, 0.05) is 32.8 Å². The van der Waals surface area contributed by atoms with Crippen LogP contribution in [0.4, 0.5) is 4.39 Å². The summed E-state index contributed by atoms with van der Waals surface area (Å²) >= 11 is 8.09. The molecule has 2 aromatic rings. The number of benzene rings is 2. The highest BCUT2D eigenvalue weighted by Crippen LogP contribution is 2.24. The maximum atomic E-state index is 13.8. The van der Waals surface area contributed by atoms with E-state index in [2.05, 4.69) is 22.6 Å². The highest BCUT2D eigenvalue weighted by atomic mass is 127. The normalized spacial score (nSPS) is 14.2. The van der Waals surface area contributed by atoms with Crippen LogP contribution in [0, 0.1) is 9.39 Å². The van der Waals surface area contributed by atoms with E-state index < -0.39 is 0 Å². The molecule has 1 aliphatic heterocycles. The summed E-state index contributed by atoms with van der Waals surface area (Å²) in [6, 6.07) is 10.3. The quantitative estimate of drug-likeness (QED) is 0.671. The number of hydrogen-bond acceptors (Lipinski definition) is 1. The highest BCUT2D eigenvalue weighted by Gasteiger charge is 2.25. The van der Waals surface area contributed by atoms with E-state index in [9.17, 15) is 9.18 Å². The molecule has 0 radical (unpaired) electrons. The maximum absolute atomic E-state index is 13.8. The van der Waals surface area contributed by atoms with Crippen molar-refractivity contribution in [2.45, 2.75) is 13.0 Å². The van der Waals surface area contributed by atoms with E-state index in [4.69, 9.17) is 11.6 Å². The summed E-state index contributed by atoms with van der Waals surface area (Å²) in [7, 11) is 0. The van der Waals surface area contributed by atoms with Crippen molar-refractivity contribution in [1.29, 1.82) is 0 Å². The Balaban J connectivity index is 1.88. The zero-order chi connectivity index (χ0) is 15.0. The lowest BCUT2D eigenvalue weighted by molar-refractivity contribution is 0.0725. The van der Waals surface area contributed by atoms with Gasteiger partial charge in [-0.05, 0) is 64.9 Å². The first-order valence-corrected chi connectivity index (χ1v) is 8.02. The number of rotatable bonds is 2. The van der Waals surface area contributed by atoms with E-state index >= 15 is 0 Å². The smallest absolute Gasteiger partial charge is 0.254 e. The molecule has 2 nitrogen and oxygen atoms in total. The molecular weight excluding hydrogens is 404 g/mol. The molecule has 3 rings (SSSR count). The largest absolute Gasteiger partial charge is 0.334 e. The fraction of sp³-hybridized carbons (Fsp3) is 0.188. The van der Waals surface area contributed by atoms with Crippen molar-refractivity contribution < 1.29 is 9.18 Å². The molecule has 0 bridgehead atoms. The molecule has 0 unspecified atom stereocenters. The second-order valence-electron chi connectivity index (χ2n) is 5.01. The molecule has 0 spiro atoms. The summed E-state index contributed by atoms with van der Waals surface area (Å²) in [4.78, 5) is 14.2. The van der Waals surface area contributed by atoms with Gasteiger partial charge in [-0.2, -0.15) is 0 Å². The fourth-order valence-electron chi connectivity index (χ4n) is 2.51. The van der Waals surface area contributed by atoms with E-state index in [1.54, 1.807) is 11.0 Å². The Kier molecular flexibility index (Phi) is 4.17. The molecular formula is C16H12ClFINO. The number of amides is 1. The summed E-state index contributed by atoms with van der Waals surface area (Å²) in [5.74, 6) is -0.380. The summed E-state index contributed by atoms with van der Waals surface area (Å²) in [6.07, 6.45) is 0.792. The van der Waals surface area contributed by atoms with Crippen molar-refractivity contribution in [2.75, 3.05) is 6.54 Å². The van der Waals surface area contributed by atoms with Gasteiger partial charge in [0.15, 0.2) is 0 Å². The summed E-state index contributed by atoms with van der Waals surface area (Å²) in [5, 5.41) is 0.478. The Morgan fingerprint density at radius 1 is 1.24 bits per heavy atom. The number of fused-ring (bicyclic) bond motifs is 1. The minimum Gasteiger partial charge on any atom is -0.334 e. The Labute approximate surface area is 141 Å². The second kappa shape index (κ2) is 5.93. The van der Waals surface area contributed by atoms with Crippen LogP contribution in [0.15, 0.2) is 36.4 Å². The van der Waals surface area contributed by atoms with Crippen LogP contribution in [0.25, 0.3) is 0 Å². The first-order chi connectivity index (χ1) is 10.0. The first-order valence-electron chi connectivity index (χ1n) is 6.56. The van der Waals surface area contributed by atoms with Crippen LogP contribution in [-0.4, -0.2) is 17.4 Å². The third kappa shape index (κ3) is 3.06. The maximum Gasteiger partial charge on any atom is 0.254 e. The number of carbonyl (C=O) groups is 1. The molecule has 0 atom stereocenters. The van der Waals surface area contributed by atoms with Crippen LogP contribution >= 0.6 is 34.2 Å². The molecule has 0 aliphatic carbocycles. The van der Waals surface area contributed by atoms with Crippen LogP contribution in [0.3, 0.4) is 0 Å². The Morgan fingerprint density at radius 2 is 2.05 bits per heavy atom. The second-order valence-corrected chi connectivity index (χ2v) is 6.70. The molecule has 108 valence electrons. The van der Waals surface area contributed by atoms with Crippen molar-refractivity contribution >= 4 is 40.1 Å². The van der Waals surface area contributed by atoms with Gasteiger partial charge < -0.3 is 4.90 Å². The molecule has 0 N–H and O–H groups in total.